The van der Waals surface area contributed by atoms with Crippen LogP contribution < -0.4 is 10.7 Å². The number of aromatic nitrogens is 3. The molecule has 2 N–H and O–H groups in total. The molecule has 0 amide bonds. The Kier molecular flexibility index (Phi) is 6.37. The van der Waals surface area contributed by atoms with E-state index in [1.807, 2.05) is 62.4 Å². The van der Waals surface area contributed by atoms with Gasteiger partial charge in [-0.1, -0.05) is 65.2 Å². The summed E-state index contributed by atoms with van der Waals surface area (Å²) in [5.74, 6) is -0.0664. The summed E-state index contributed by atoms with van der Waals surface area (Å²) in [6.45, 7) is 4.01. The molecule has 0 unspecified atom stereocenters. The lowest BCUT2D eigenvalue weighted by Crippen LogP contribution is -2.06. The predicted octanol–water partition coefficient (Wildman–Crippen LogP) is 6.14. The third-order valence-corrected chi connectivity index (χ3v) is 4.90. The lowest BCUT2D eigenvalue weighted by Gasteiger charge is -2.10. The molecular weight excluding hydrogens is 427 g/mol. The molecule has 1 heterocycles. The summed E-state index contributed by atoms with van der Waals surface area (Å²) in [6.07, 6.45) is 1.64. The normalized spacial score (nSPS) is 11.0. The Labute approximate surface area is 190 Å². The fraction of sp³-hybridized carbons (Fsp3) is 0.0833. The van der Waals surface area contributed by atoms with Crippen molar-refractivity contribution >= 4 is 35.4 Å². The maximum Gasteiger partial charge on any atom is 0.248 e. The second kappa shape index (κ2) is 9.53. The molecule has 0 spiro atoms. The number of hydrazone groups is 1. The van der Waals surface area contributed by atoms with E-state index in [0.29, 0.717) is 0 Å². The molecule has 0 fully saturated rings. The Morgan fingerprint density at radius 1 is 0.844 bits per heavy atom. The Bertz CT molecular complexity index is 1240. The number of benzene rings is 3. The Morgan fingerprint density at radius 3 is 2.19 bits per heavy atom. The highest BCUT2D eigenvalue weighted by atomic mass is 35.5. The van der Waals surface area contributed by atoms with Crippen molar-refractivity contribution in [3.05, 3.63) is 94.3 Å². The standard InChI is InChI=1S/C24H20ClFN6/c1-15-6-10-17(11-7-15)14-27-32-24-30-22(21-19(25)4-3-5-20(21)26)29-23(31-24)28-18-12-8-16(2)9-13-18/h3-14H,1-2H3,(H2,28,29,30,31,32)/b27-14+. The lowest BCUT2D eigenvalue weighted by atomic mass is 10.2. The zero-order valence-corrected chi connectivity index (χ0v) is 18.2. The quantitative estimate of drug-likeness (QED) is 0.275. The Morgan fingerprint density at radius 2 is 1.50 bits per heavy atom. The monoisotopic (exact) mass is 446 g/mol. The minimum atomic E-state index is -0.529. The summed E-state index contributed by atoms with van der Waals surface area (Å²) in [7, 11) is 0. The lowest BCUT2D eigenvalue weighted by molar-refractivity contribution is 0.630. The second-order valence-electron chi connectivity index (χ2n) is 7.17. The number of rotatable bonds is 6. The number of anilines is 3. The van der Waals surface area contributed by atoms with Crippen molar-refractivity contribution in [2.24, 2.45) is 5.10 Å². The van der Waals surface area contributed by atoms with Crippen LogP contribution in [-0.4, -0.2) is 21.2 Å². The molecule has 0 aliphatic rings. The van der Waals surface area contributed by atoms with Crippen LogP contribution in [0, 0.1) is 19.7 Å². The SMILES string of the molecule is Cc1ccc(/C=N/Nc2nc(Nc3ccc(C)cc3)nc(-c3c(F)cccc3Cl)n2)cc1. The van der Waals surface area contributed by atoms with Crippen molar-refractivity contribution in [2.45, 2.75) is 13.8 Å². The summed E-state index contributed by atoms with van der Waals surface area (Å²) in [5, 5.41) is 7.51. The van der Waals surface area contributed by atoms with Crippen LogP contribution in [0.2, 0.25) is 5.02 Å². The molecule has 32 heavy (non-hydrogen) atoms. The predicted molar refractivity (Wildman–Crippen MR) is 127 cm³/mol. The summed E-state index contributed by atoms with van der Waals surface area (Å²) in [4.78, 5) is 13.0. The molecule has 0 saturated carbocycles. The highest BCUT2D eigenvalue weighted by molar-refractivity contribution is 6.33. The van der Waals surface area contributed by atoms with Gasteiger partial charge in [-0.25, -0.2) is 9.82 Å². The second-order valence-corrected chi connectivity index (χ2v) is 7.58. The maximum atomic E-state index is 14.5. The highest BCUT2D eigenvalue weighted by Gasteiger charge is 2.16. The van der Waals surface area contributed by atoms with Crippen molar-refractivity contribution in [1.82, 2.24) is 15.0 Å². The largest absolute Gasteiger partial charge is 0.324 e. The smallest absolute Gasteiger partial charge is 0.248 e. The molecule has 160 valence electrons. The average Bonchev–Trinajstić information content (AvgIpc) is 2.77. The van der Waals surface area contributed by atoms with Crippen molar-refractivity contribution in [3.8, 4) is 11.4 Å². The minimum absolute atomic E-state index is 0.0887. The van der Waals surface area contributed by atoms with Gasteiger partial charge in [-0.05, 0) is 43.7 Å². The van der Waals surface area contributed by atoms with E-state index in [4.69, 9.17) is 11.6 Å². The number of hydrogen-bond donors (Lipinski definition) is 2. The van der Waals surface area contributed by atoms with E-state index in [9.17, 15) is 4.39 Å². The molecule has 4 rings (SSSR count). The van der Waals surface area contributed by atoms with Crippen LogP contribution in [0.15, 0.2) is 71.8 Å². The zero-order valence-electron chi connectivity index (χ0n) is 17.5. The van der Waals surface area contributed by atoms with Gasteiger partial charge in [0, 0.05) is 5.69 Å². The van der Waals surface area contributed by atoms with E-state index in [2.05, 4.69) is 30.8 Å². The fourth-order valence-corrected chi connectivity index (χ4v) is 3.14. The molecule has 0 aliphatic carbocycles. The maximum absolute atomic E-state index is 14.5. The van der Waals surface area contributed by atoms with Gasteiger partial charge < -0.3 is 5.32 Å². The number of halogens is 2. The number of nitrogens with zero attached hydrogens (tertiary/aromatic N) is 4. The van der Waals surface area contributed by atoms with E-state index in [1.165, 1.54) is 12.1 Å². The molecule has 8 heteroatoms. The molecular formula is C24H20ClFN6. The minimum Gasteiger partial charge on any atom is -0.324 e. The summed E-state index contributed by atoms with van der Waals surface area (Å²) >= 11 is 6.23. The molecule has 0 radical (unpaired) electrons. The molecule has 0 saturated heterocycles. The van der Waals surface area contributed by atoms with Crippen LogP contribution >= 0.6 is 11.6 Å². The molecule has 0 aliphatic heterocycles. The van der Waals surface area contributed by atoms with Crippen LogP contribution in [0.5, 0.6) is 0 Å². The third kappa shape index (κ3) is 5.25. The zero-order chi connectivity index (χ0) is 22.5. The third-order valence-electron chi connectivity index (χ3n) is 4.59. The van der Waals surface area contributed by atoms with Crippen molar-refractivity contribution < 1.29 is 4.39 Å². The van der Waals surface area contributed by atoms with Crippen molar-refractivity contribution in [1.29, 1.82) is 0 Å². The fourth-order valence-electron chi connectivity index (χ4n) is 2.89. The molecule has 0 atom stereocenters. The molecule has 6 nitrogen and oxygen atoms in total. The van der Waals surface area contributed by atoms with Gasteiger partial charge in [0.25, 0.3) is 0 Å². The first kappa shape index (κ1) is 21.4. The molecule has 4 aromatic rings. The van der Waals surface area contributed by atoms with Gasteiger partial charge in [0.1, 0.15) is 5.82 Å². The van der Waals surface area contributed by atoms with Gasteiger partial charge in [0.05, 0.1) is 16.8 Å². The van der Waals surface area contributed by atoms with E-state index < -0.39 is 5.82 Å². The molecule has 1 aromatic heterocycles. The van der Waals surface area contributed by atoms with Crippen LogP contribution in [-0.2, 0) is 0 Å². The first-order valence-electron chi connectivity index (χ1n) is 9.88. The Hall–Kier alpha value is -3.84. The van der Waals surface area contributed by atoms with Gasteiger partial charge in [-0.3, -0.25) is 0 Å². The number of aryl methyl sites for hydroxylation is 2. The van der Waals surface area contributed by atoms with Gasteiger partial charge in [0.15, 0.2) is 5.82 Å². The first-order chi connectivity index (χ1) is 15.5. The number of nitrogens with one attached hydrogen (secondary N) is 2. The number of hydrogen-bond acceptors (Lipinski definition) is 6. The van der Waals surface area contributed by atoms with Gasteiger partial charge in [0.2, 0.25) is 11.9 Å². The summed E-state index contributed by atoms with van der Waals surface area (Å²) in [5.41, 5.74) is 6.86. The van der Waals surface area contributed by atoms with Crippen LogP contribution in [0.3, 0.4) is 0 Å². The topological polar surface area (TPSA) is 75.1 Å². The van der Waals surface area contributed by atoms with Crippen LogP contribution in [0.4, 0.5) is 22.0 Å². The summed E-state index contributed by atoms with van der Waals surface area (Å²) in [6, 6.07) is 20.0. The highest BCUT2D eigenvalue weighted by Crippen LogP contribution is 2.29. The van der Waals surface area contributed by atoms with Crippen molar-refractivity contribution in [3.63, 3.8) is 0 Å². The molecule has 0 bridgehead atoms. The van der Waals surface area contributed by atoms with Gasteiger partial charge in [-0.15, -0.1) is 0 Å². The first-order valence-corrected chi connectivity index (χ1v) is 10.3. The van der Waals surface area contributed by atoms with Crippen molar-refractivity contribution in [2.75, 3.05) is 10.7 Å². The van der Waals surface area contributed by atoms with Gasteiger partial charge in [-0.2, -0.15) is 20.1 Å². The van der Waals surface area contributed by atoms with Gasteiger partial charge >= 0.3 is 0 Å². The van der Waals surface area contributed by atoms with E-state index in [1.54, 1.807) is 12.3 Å². The van der Waals surface area contributed by atoms with Crippen LogP contribution in [0.1, 0.15) is 16.7 Å². The summed E-state index contributed by atoms with van der Waals surface area (Å²) < 4.78 is 14.5. The van der Waals surface area contributed by atoms with E-state index in [0.717, 1.165) is 22.4 Å². The molecule has 3 aromatic carbocycles. The van der Waals surface area contributed by atoms with Crippen LogP contribution in [0.25, 0.3) is 11.4 Å². The van der Waals surface area contributed by atoms with E-state index in [-0.39, 0.29) is 28.3 Å². The van der Waals surface area contributed by atoms with E-state index >= 15 is 0 Å². The average molecular weight is 447 g/mol. The Balaban J connectivity index is 1.68.